The molecule has 1 amide bonds. The molecule has 150 valence electrons. The van der Waals surface area contributed by atoms with Crippen LogP contribution < -0.4 is 5.32 Å². The maximum Gasteiger partial charge on any atom is 0.407 e. The van der Waals surface area contributed by atoms with E-state index in [1.165, 1.54) is 7.11 Å². The quantitative estimate of drug-likeness (QED) is 0.744. The summed E-state index contributed by atoms with van der Waals surface area (Å²) in [5.41, 5.74) is 0.360. The second-order valence-electron chi connectivity index (χ2n) is 8.16. The minimum Gasteiger partial charge on any atom is -0.469 e. The molecule has 1 aliphatic rings. The van der Waals surface area contributed by atoms with E-state index < -0.39 is 23.8 Å². The van der Waals surface area contributed by atoms with Crippen LogP contribution in [0.1, 0.15) is 45.6 Å². The summed E-state index contributed by atoms with van der Waals surface area (Å²) in [7, 11) is 1.37. The average molecular weight is 377 g/mol. The van der Waals surface area contributed by atoms with Gasteiger partial charge in [0.05, 0.1) is 25.2 Å². The van der Waals surface area contributed by atoms with Crippen molar-refractivity contribution in [2.75, 3.05) is 7.11 Å². The molecule has 0 spiro atoms. The minimum absolute atomic E-state index is 0.249. The highest BCUT2D eigenvalue weighted by Gasteiger charge is 2.41. The number of alkyl carbamates (subject to hydrolysis) is 1. The number of methoxy groups -OCH3 is 1. The number of carbonyl (C=O) groups is 2. The van der Waals surface area contributed by atoms with E-state index in [4.69, 9.17) is 9.47 Å². The fourth-order valence-electron chi connectivity index (χ4n) is 3.72. The van der Waals surface area contributed by atoms with Crippen LogP contribution in [0.25, 0.3) is 0 Å². The van der Waals surface area contributed by atoms with Crippen molar-refractivity contribution < 1.29 is 24.2 Å². The van der Waals surface area contributed by atoms with Crippen molar-refractivity contribution in [3.05, 3.63) is 35.9 Å². The molecule has 6 nitrogen and oxygen atoms in total. The number of aliphatic hydroxyl groups is 1. The zero-order valence-electron chi connectivity index (χ0n) is 16.6. The highest BCUT2D eigenvalue weighted by Crippen LogP contribution is 2.36. The molecule has 0 bridgehead atoms. The molecule has 0 heterocycles. The summed E-state index contributed by atoms with van der Waals surface area (Å²) in [5, 5.41) is 13.9. The van der Waals surface area contributed by atoms with Crippen molar-refractivity contribution in [3.8, 4) is 0 Å². The first kappa shape index (κ1) is 21.2. The number of amides is 1. The van der Waals surface area contributed by atoms with E-state index in [0.29, 0.717) is 12.8 Å². The van der Waals surface area contributed by atoms with Crippen LogP contribution in [-0.2, 0) is 20.7 Å². The Bertz CT molecular complexity index is 625. The monoisotopic (exact) mass is 377 g/mol. The summed E-state index contributed by atoms with van der Waals surface area (Å²) in [4.78, 5) is 24.4. The lowest BCUT2D eigenvalue weighted by Crippen LogP contribution is -2.50. The van der Waals surface area contributed by atoms with Crippen LogP contribution in [-0.4, -0.2) is 42.0 Å². The van der Waals surface area contributed by atoms with Crippen molar-refractivity contribution in [2.45, 2.75) is 64.2 Å². The molecular formula is C21H31NO5. The van der Waals surface area contributed by atoms with E-state index in [1.807, 2.05) is 30.3 Å². The predicted molar refractivity (Wildman–Crippen MR) is 102 cm³/mol. The fraction of sp³-hybridized carbons (Fsp3) is 0.619. The van der Waals surface area contributed by atoms with E-state index in [-0.39, 0.29) is 17.8 Å². The molecule has 27 heavy (non-hydrogen) atoms. The topological polar surface area (TPSA) is 84.9 Å². The Morgan fingerprint density at radius 1 is 1.22 bits per heavy atom. The highest BCUT2D eigenvalue weighted by molar-refractivity contribution is 5.73. The second-order valence-corrected chi connectivity index (χ2v) is 8.16. The molecular weight excluding hydrogens is 346 g/mol. The van der Waals surface area contributed by atoms with Crippen LogP contribution in [0, 0.1) is 11.8 Å². The van der Waals surface area contributed by atoms with Crippen molar-refractivity contribution in [3.63, 3.8) is 0 Å². The Hall–Kier alpha value is -2.08. The van der Waals surface area contributed by atoms with E-state index in [0.717, 1.165) is 18.4 Å². The molecule has 2 unspecified atom stereocenters. The number of hydrogen-bond acceptors (Lipinski definition) is 5. The van der Waals surface area contributed by atoms with Crippen LogP contribution in [0.3, 0.4) is 0 Å². The number of aliphatic hydroxyl groups excluding tert-OH is 1. The lowest BCUT2D eigenvalue weighted by atomic mass is 9.85. The summed E-state index contributed by atoms with van der Waals surface area (Å²) in [6.07, 6.45) is 1.28. The van der Waals surface area contributed by atoms with Crippen LogP contribution in [0.5, 0.6) is 0 Å². The molecule has 2 rings (SSSR count). The van der Waals surface area contributed by atoms with E-state index in [2.05, 4.69) is 5.32 Å². The molecule has 0 aliphatic heterocycles. The van der Waals surface area contributed by atoms with Crippen LogP contribution in [0.4, 0.5) is 4.79 Å². The van der Waals surface area contributed by atoms with Crippen molar-refractivity contribution >= 4 is 12.1 Å². The molecule has 1 fully saturated rings. The number of hydrogen-bond donors (Lipinski definition) is 2. The van der Waals surface area contributed by atoms with Crippen molar-refractivity contribution in [2.24, 2.45) is 11.8 Å². The Morgan fingerprint density at radius 2 is 1.89 bits per heavy atom. The predicted octanol–water partition coefficient (Wildman–Crippen LogP) is 3.07. The molecule has 1 aromatic rings. The van der Waals surface area contributed by atoms with Gasteiger partial charge in [-0.05, 0) is 45.6 Å². The van der Waals surface area contributed by atoms with Gasteiger partial charge < -0.3 is 19.9 Å². The Kier molecular flexibility index (Phi) is 7.25. The van der Waals surface area contributed by atoms with Crippen LogP contribution in [0.15, 0.2) is 30.3 Å². The first-order chi connectivity index (χ1) is 12.7. The standard InChI is InChI=1S/C21H31NO5/c1-21(2,3)27-20(25)22-17(13-14-9-6-5-7-10-14)18(23)15-11-8-12-16(15)19(24)26-4/h5-7,9-10,15-18,23H,8,11-13H2,1-4H3,(H,22,25)/t15-,16+,17?,18?/m0/s1. The zero-order chi connectivity index (χ0) is 20.0. The van der Waals surface area contributed by atoms with E-state index in [1.54, 1.807) is 20.8 Å². The third-order valence-corrected chi connectivity index (χ3v) is 4.92. The first-order valence-electron chi connectivity index (χ1n) is 9.50. The lowest BCUT2D eigenvalue weighted by molar-refractivity contribution is -0.148. The largest absolute Gasteiger partial charge is 0.469 e. The Labute approximate surface area is 161 Å². The van der Waals surface area contributed by atoms with Crippen LogP contribution >= 0.6 is 0 Å². The minimum atomic E-state index is -0.871. The van der Waals surface area contributed by atoms with Gasteiger partial charge in [0.2, 0.25) is 0 Å². The molecule has 1 aromatic carbocycles. The molecule has 6 heteroatoms. The normalized spacial score (nSPS) is 22.0. The van der Waals surface area contributed by atoms with Gasteiger partial charge in [0.25, 0.3) is 0 Å². The van der Waals surface area contributed by atoms with Gasteiger partial charge in [0.1, 0.15) is 5.60 Å². The van der Waals surface area contributed by atoms with Gasteiger partial charge in [-0.25, -0.2) is 4.79 Å². The third kappa shape index (κ3) is 6.24. The average Bonchev–Trinajstić information content (AvgIpc) is 3.08. The Morgan fingerprint density at radius 3 is 2.48 bits per heavy atom. The first-order valence-corrected chi connectivity index (χ1v) is 9.50. The van der Waals surface area contributed by atoms with Crippen LogP contribution in [0.2, 0.25) is 0 Å². The van der Waals surface area contributed by atoms with Gasteiger partial charge in [-0.1, -0.05) is 36.8 Å². The second kappa shape index (κ2) is 9.22. The fourth-order valence-corrected chi connectivity index (χ4v) is 3.72. The molecule has 2 N–H and O–H groups in total. The van der Waals surface area contributed by atoms with Crippen molar-refractivity contribution in [1.29, 1.82) is 0 Å². The molecule has 0 saturated heterocycles. The van der Waals surface area contributed by atoms with Gasteiger partial charge >= 0.3 is 12.1 Å². The number of esters is 1. The molecule has 4 atom stereocenters. The number of carbonyl (C=O) groups excluding carboxylic acids is 2. The molecule has 0 radical (unpaired) electrons. The van der Waals surface area contributed by atoms with Gasteiger partial charge in [0.15, 0.2) is 0 Å². The third-order valence-electron chi connectivity index (χ3n) is 4.92. The Balaban J connectivity index is 2.17. The van der Waals surface area contributed by atoms with Gasteiger partial charge in [-0.2, -0.15) is 0 Å². The van der Waals surface area contributed by atoms with Gasteiger partial charge in [0, 0.05) is 5.92 Å². The molecule has 0 aromatic heterocycles. The summed E-state index contributed by atoms with van der Waals surface area (Å²) < 4.78 is 10.3. The lowest BCUT2D eigenvalue weighted by Gasteiger charge is -2.31. The summed E-state index contributed by atoms with van der Waals surface area (Å²) in [6.45, 7) is 5.37. The highest BCUT2D eigenvalue weighted by atomic mass is 16.6. The van der Waals surface area contributed by atoms with E-state index >= 15 is 0 Å². The maximum atomic E-state index is 12.3. The smallest absolute Gasteiger partial charge is 0.407 e. The van der Waals surface area contributed by atoms with Gasteiger partial charge in [-0.15, -0.1) is 0 Å². The number of rotatable bonds is 6. The molecule has 1 aliphatic carbocycles. The number of ether oxygens (including phenoxy) is 2. The summed E-state index contributed by atoms with van der Waals surface area (Å²) >= 11 is 0. The number of benzene rings is 1. The zero-order valence-corrected chi connectivity index (χ0v) is 16.6. The van der Waals surface area contributed by atoms with E-state index in [9.17, 15) is 14.7 Å². The SMILES string of the molecule is COC(=O)[C@@H]1CCC[C@@H]1C(O)C(Cc1ccccc1)NC(=O)OC(C)(C)C. The summed E-state index contributed by atoms with van der Waals surface area (Å²) in [5.74, 6) is -0.892. The van der Waals surface area contributed by atoms with Gasteiger partial charge in [-0.3, -0.25) is 4.79 Å². The molecule has 1 saturated carbocycles. The van der Waals surface area contributed by atoms with Crippen molar-refractivity contribution in [1.82, 2.24) is 5.32 Å². The number of nitrogens with one attached hydrogen (secondary N) is 1. The maximum absolute atomic E-state index is 12.3. The summed E-state index contributed by atoms with van der Waals surface area (Å²) in [6, 6.07) is 9.09.